The molecule has 8 nitrogen and oxygen atoms in total. The van der Waals surface area contributed by atoms with E-state index < -0.39 is 10.8 Å². The predicted molar refractivity (Wildman–Crippen MR) is 78.8 cm³/mol. The molecule has 0 spiro atoms. The molecule has 21 heavy (non-hydrogen) atoms. The summed E-state index contributed by atoms with van der Waals surface area (Å²) in [4.78, 5) is 22.5. The number of anilines is 2. The Labute approximate surface area is 124 Å². The summed E-state index contributed by atoms with van der Waals surface area (Å²) in [6, 6.07) is 4.13. The van der Waals surface area contributed by atoms with E-state index >= 15 is 0 Å². The van der Waals surface area contributed by atoms with Crippen LogP contribution in [0.4, 0.5) is 17.2 Å². The molecule has 1 amide bonds. The Bertz CT molecular complexity index is 713. The fourth-order valence-corrected chi connectivity index (χ4v) is 2.09. The molecule has 0 saturated heterocycles. The Morgan fingerprint density at radius 3 is 2.71 bits per heavy atom. The first-order valence-electron chi connectivity index (χ1n) is 5.89. The van der Waals surface area contributed by atoms with Crippen molar-refractivity contribution in [2.24, 2.45) is 7.05 Å². The molecule has 110 valence electrons. The molecule has 1 aromatic carbocycles. The number of nitrogens with zero attached hydrogens (tertiary/aromatic N) is 3. The maximum absolute atomic E-state index is 12.1. The highest BCUT2D eigenvalue weighted by molar-refractivity contribution is 6.34. The average Bonchev–Trinajstić information content (AvgIpc) is 2.82. The molecule has 0 unspecified atom stereocenters. The van der Waals surface area contributed by atoms with Gasteiger partial charge in [-0.05, 0) is 6.07 Å². The first-order chi connectivity index (χ1) is 9.92. The van der Waals surface area contributed by atoms with Crippen molar-refractivity contribution < 1.29 is 9.72 Å². The van der Waals surface area contributed by atoms with E-state index in [0.29, 0.717) is 5.82 Å². The van der Waals surface area contributed by atoms with Gasteiger partial charge in [-0.1, -0.05) is 11.6 Å². The Morgan fingerprint density at radius 2 is 2.19 bits per heavy atom. The molecule has 2 rings (SSSR count). The fourth-order valence-electron chi connectivity index (χ4n) is 1.78. The number of hydrogen-bond acceptors (Lipinski definition) is 5. The highest BCUT2D eigenvalue weighted by atomic mass is 35.5. The molecule has 9 heteroatoms. The van der Waals surface area contributed by atoms with Gasteiger partial charge in [-0.25, -0.2) is 0 Å². The lowest BCUT2D eigenvalue weighted by molar-refractivity contribution is -0.383. The van der Waals surface area contributed by atoms with E-state index in [1.165, 1.54) is 17.8 Å². The maximum atomic E-state index is 12.1. The summed E-state index contributed by atoms with van der Waals surface area (Å²) >= 11 is 5.96. The van der Waals surface area contributed by atoms with Crippen molar-refractivity contribution in [2.75, 3.05) is 17.7 Å². The second-order valence-electron chi connectivity index (χ2n) is 4.19. The van der Waals surface area contributed by atoms with Gasteiger partial charge < -0.3 is 10.6 Å². The van der Waals surface area contributed by atoms with Gasteiger partial charge in [-0.3, -0.25) is 19.6 Å². The Balaban J connectivity index is 2.35. The van der Waals surface area contributed by atoms with Gasteiger partial charge >= 0.3 is 0 Å². The Morgan fingerprint density at radius 1 is 1.48 bits per heavy atom. The molecule has 0 atom stereocenters. The minimum atomic E-state index is -0.602. The number of rotatable bonds is 4. The first kappa shape index (κ1) is 14.8. The molecule has 1 heterocycles. The maximum Gasteiger partial charge on any atom is 0.294 e. The summed E-state index contributed by atoms with van der Waals surface area (Å²) in [7, 11) is 3.22. The SMILES string of the molecule is CNc1c(Cl)cc(C(=O)Nc2ccn(C)n2)cc1[N+](=O)[O-]. The molecule has 0 radical (unpaired) electrons. The Kier molecular flexibility index (Phi) is 4.08. The number of aryl methyl sites for hydroxylation is 1. The number of nitro groups is 1. The van der Waals surface area contributed by atoms with Crippen molar-refractivity contribution in [1.29, 1.82) is 0 Å². The molecule has 1 aromatic heterocycles. The number of amides is 1. The van der Waals surface area contributed by atoms with Crippen LogP contribution in [0.15, 0.2) is 24.4 Å². The molecule has 0 bridgehead atoms. The van der Waals surface area contributed by atoms with E-state index in [-0.39, 0.29) is 22.0 Å². The van der Waals surface area contributed by atoms with Gasteiger partial charge in [0.2, 0.25) is 0 Å². The van der Waals surface area contributed by atoms with Crippen LogP contribution in [0.1, 0.15) is 10.4 Å². The molecular weight excluding hydrogens is 298 g/mol. The molecule has 0 aliphatic heterocycles. The fraction of sp³-hybridized carbons (Fsp3) is 0.167. The summed E-state index contributed by atoms with van der Waals surface area (Å²) in [6.45, 7) is 0. The summed E-state index contributed by atoms with van der Waals surface area (Å²) in [6.07, 6.45) is 1.66. The first-order valence-corrected chi connectivity index (χ1v) is 6.27. The van der Waals surface area contributed by atoms with Crippen molar-refractivity contribution in [3.63, 3.8) is 0 Å². The third-order valence-electron chi connectivity index (χ3n) is 2.73. The van der Waals surface area contributed by atoms with Crippen molar-refractivity contribution in [2.45, 2.75) is 0 Å². The van der Waals surface area contributed by atoms with Gasteiger partial charge in [0.25, 0.3) is 11.6 Å². The lowest BCUT2D eigenvalue weighted by atomic mass is 10.1. The van der Waals surface area contributed by atoms with Gasteiger partial charge in [0, 0.05) is 38.0 Å². The van der Waals surface area contributed by atoms with Crippen LogP contribution in [0, 0.1) is 10.1 Å². The number of benzene rings is 1. The molecule has 0 saturated carbocycles. The zero-order chi connectivity index (χ0) is 15.6. The molecule has 0 fully saturated rings. The second-order valence-corrected chi connectivity index (χ2v) is 4.60. The van der Waals surface area contributed by atoms with Gasteiger partial charge in [-0.2, -0.15) is 5.10 Å². The normalized spacial score (nSPS) is 10.2. The number of nitro benzene ring substituents is 1. The Hall–Kier alpha value is -2.61. The predicted octanol–water partition coefficient (Wildman–Crippen LogP) is 2.28. The average molecular weight is 310 g/mol. The highest BCUT2D eigenvalue weighted by Gasteiger charge is 2.21. The standard InChI is InChI=1S/C12H12ClN5O3/c1-14-11-8(13)5-7(6-9(11)18(20)21)12(19)15-10-3-4-17(2)16-10/h3-6,14H,1-2H3,(H,15,16,19). The van der Waals surface area contributed by atoms with Crippen molar-refractivity contribution in [3.8, 4) is 0 Å². The zero-order valence-electron chi connectivity index (χ0n) is 11.3. The van der Waals surface area contributed by atoms with E-state index in [1.54, 1.807) is 19.3 Å². The van der Waals surface area contributed by atoms with Gasteiger partial charge in [0.05, 0.1) is 9.95 Å². The van der Waals surface area contributed by atoms with E-state index in [1.807, 2.05) is 0 Å². The largest absolute Gasteiger partial charge is 0.381 e. The summed E-state index contributed by atoms with van der Waals surface area (Å²) in [5.41, 5.74) is -0.0245. The van der Waals surface area contributed by atoms with Crippen LogP contribution in [0.3, 0.4) is 0 Å². The minimum absolute atomic E-state index is 0.0800. The lowest BCUT2D eigenvalue weighted by Crippen LogP contribution is -2.13. The van der Waals surface area contributed by atoms with E-state index in [0.717, 1.165) is 6.07 Å². The van der Waals surface area contributed by atoms with Crippen LogP contribution >= 0.6 is 11.6 Å². The van der Waals surface area contributed by atoms with Crippen LogP contribution in [-0.2, 0) is 7.05 Å². The number of nitrogens with one attached hydrogen (secondary N) is 2. The molecular formula is C12H12ClN5O3. The topological polar surface area (TPSA) is 102 Å². The minimum Gasteiger partial charge on any atom is -0.381 e. The summed E-state index contributed by atoms with van der Waals surface area (Å²) < 4.78 is 1.52. The van der Waals surface area contributed by atoms with Gasteiger partial charge in [0.15, 0.2) is 5.82 Å². The van der Waals surface area contributed by atoms with Crippen LogP contribution in [0.2, 0.25) is 5.02 Å². The van der Waals surface area contributed by atoms with Crippen LogP contribution in [0.5, 0.6) is 0 Å². The van der Waals surface area contributed by atoms with Gasteiger partial charge in [0.1, 0.15) is 5.69 Å². The van der Waals surface area contributed by atoms with Crippen LogP contribution in [-0.4, -0.2) is 27.7 Å². The highest BCUT2D eigenvalue weighted by Crippen LogP contribution is 2.33. The smallest absolute Gasteiger partial charge is 0.294 e. The van der Waals surface area contributed by atoms with Gasteiger partial charge in [-0.15, -0.1) is 0 Å². The van der Waals surface area contributed by atoms with Crippen LogP contribution in [0.25, 0.3) is 0 Å². The third-order valence-corrected chi connectivity index (χ3v) is 3.03. The third kappa shape index (κ3) is 3.11. The molecule has 0 aliphatic carbocycles. The number of aromatic nitrogens is 2. The molecule has 2 N–H and O–H groups in total. The monoisotopic (exact) mass is 309 g/mol. The number of carbonyl (C=O) groups excluding carboxylic acids is 1. The summed E-state index contributed by atoms with van der Waals surface area (Å²) in [5, 5.41) is 20.3. The zero-order valence-corrected chi connectivity index (χ0v) is 12.0. The lowest BCUT2D eigenvalue weighted by Gasteiger charge is -2.08. The molecule has 0 aliphatic rings. The quantitative estimate of drug-likeness (QED) is 0.666. The van der Waals surface area contributed by atoms with E-state index in [2.05, 4.69) is 15.7 Å². The number of halogens is 1. The number of carbonyl (C=O) groups is 1. The summed E-state index contributed by atoms with van der Waals surface area (Å²) in [5.74, 6) is -0.180. The van der Waals surface area contributed by atoms with Crippen molar-refractivity contribution in [3.05, 3.63) is 45.1 Å². The van der Waals surface area contributed by atoms with Crippen molar-refractivity contribution >= 4 is 34.7 Å². The van der Waals surface area contributed by atoms with Crippen molar-refractivity contribution in [1.82, 2.24) is 9.78 Å². The number of hydrogen-bond donors (Lipinski definition) is 2. The van der Waals surface area contributed by atoms with E-state index in [4.69, 9.17) is 11.6 Å². The second kappa shape index (κ2) is 5.80. The van der Waals surface area contributed by atoms with E-state index in [9.17, 15) is 14.9 Å². The van der Waals surface area contributed by atoms with Crippen LogP contribution < -0.4 is 10.6 Å². The molecule has 2 aromatic rings.